The van der Waals surface area contributed by atoms with E-state index in [0.29, 0.717) is 22.4 Å². The molecule has 0 amide bonds. The van der Waals surface area contributed by atoms with E-state index in [1.807, 2.05) is 26.8 Å². The lowest BCUT2D eigenvalue weighted by Crippen LogP contribution is -2.16. The maximum atomic E-state index is 12.8. The third kappa shape index (κ3) is 2.54. The minimum atomic E-state index is -3.62. The van der Waals surface area contributed by atoms with Crippen molar-refractivity contribution >= 4 is 26.0 Å². The number of benzene rings is 1. The molecule has 1 aromatic carbocycles. The molecule has 0 bridgehead atoms. The van der Waals surface area contributed by atoms with Crippen molar-refractivity contribution in [1.29, 1.82) is 0 Å². The molecule has 0 atom stereocenters. The SMILES string of the molecule is CCc1nc(C)cn1S(=O)(=O)c1cc(C)c(C)cc1Br. The van der Waals surface area contributed by atoms with Gasteiger partial charge in [-0.05, 0) is 60.0 Å². The Balaban J connectivity index is 2.70. The molecule has 2 aromatic rings. The maximum absolute atomic E-state index is 12.8. The number of imidazole rings is 1. The van der Waals surface area contributed by atoms with E-state index in [9.17, 15) is 8.42 Å². The molecule has 0 radical (unpaired) electrons. The van der Waals surface area contributed by atoms with E-state index in [1.165, 1.54) is 3.97 Å². The van der Waals surface area contributed by atoms with Crippen LogP contribution in [0.1, 0.15) is 29.6 Å². The monoisotopic (exact) mass is 356 g/mol. The third-order valence-electron chi connectivity index (χ3n) is 3.27. The topological polar surface area (TPSA) is 52.0 Å². The lowest BCUT2D eigenvalue weighted by atomic mass is 10.1. The van der Waals surface area contributed by atoms with Gasteiger partial charge < -0.3 is 0 Å². The predicted octanol–water partition coefficient (Wildman–Crippen LogP) is 3.37. The highest BCUT2D eigenvalue weighted by Gasteiger charge is 2.23. The van der Waals surface area contributed by atoms with Gasteiger partial charge in [-0.25, -0.2) is 17.4 Å². The number of aryl methyl sites for hydroxylation is 4. The number of aromatic nitrogens is 2. The normalized spacial score (nSPS) is 11.8. The molecule has 0 aliphatic rings. The second-order valence-electron chi connectivity index (χ2n) is 4.82. The summed E-state index contributed by atoms with van der Waals surface area (Å²) in [6.07, 6.45) is 2.13. The zero-order chi connectivity index (χ0) is 15.1. The second kappa shape index (κ2) is 5.33. The Labute approximate surface area is 128 Å². The largest absolute Gasteiger partial charge is 0.270 e. The number of hydrogen-bond acceptors (Lipinski definition) is 3. The van der Waals surface area contributed by atoms with Gasteiger partial charge in [0.1, 0.15) is 10.7 Å². The molecule has 0 unspecified atom stereocenters. The molecule has 6 heteroatoms. The first-order valence-electron chi connectivity index (χ1n) is 6.34. The van der Waals surface area contributed by atoms with Crippen molar-refractivity contribution in [3.8, 4) is 0 Å². The molecule has 2 rings (SSSR count). The first-order chi connectivity index (χ1) is 9.27. The standard InChI is InChI=1S/C14H17BrN2O2S/c1-5-14-16-11(4)8-17(14)20(18,19)13-7-10(3)9(2)6-12(13)15/h6-8H,5H2,1-4H3. The molecule has 4 nitrogen and oxygen atoms in total. The molecular weight excluding hydrogens is 340 g/mol. The number of halogens is 1. The highest BCUT2D eigenvalue weighted by atomic mass is 79.9. The van der Waals surface area contributed by atoms with E-state index in [0.717, 1.165) is 11.1 Å². The first-order valence-corrected chi connectivity index (χ1v) is 8.58. The van der Waals surface area contributed by atoms with Crippen molar-refractivity contribution in [2.75, 3.05) is 0 Å². The van der Waals surface area contributed by atoms with Crippen LogP contribution in [0.3, 0.4) is 0 Å². The summed E-state index contributed by atoms with van der Waals surface area (Å²) in [6.45, 7) is 7.54. The van der Waals surface area contributed by atoms with Crippen LogP contribution in [-0.2, 0) is 16.4 Å². The Kier molecular flexibility index (Phi) is 4.07. The van der Waals surface area contributed by atoms with Crippen LogP contribution in [0.4, 0.5) is 0 Å². The lowest BCUT2D eigenvalue weighted by Gasteiger charge is -2.12. The van der Waals surface area contributed by atoms with E-state index < -0.39 is 10.0 Å². The van der Waals surface area contributed by atoms with Gasteiger partial charge in [-0.3, -0.25) is 0 Å². The van der Waals surface area contributed by atoms with Gasteiger partial charge in [0.2, 0.25) is 0 Å². The molecule has 20 heavy (non-hydrogen) atoms. The van der Waals surface area contributed by atoms with Crippen LogP contribution in [0.5, 0.6) is 0 Å². The Morgan fingerprint density at radius 3 is 2.40 bits per heavy atom. The van der Waals surface area contributed by atoms with Crippen LogP contribution < -0.4 is 0 Å². The highest BCUT2D eigenvalue weighted by Crippen LogP contribution is 2.28. The summed E-state index contributed by atoms with van der Waals surface area (Å²) in [5.41, 5.74) is 2.69. The Bertz CT molecular complexity index is 764. The zero-order valence-corrected chi connectivity index (χ0v) is 14.3. The number of hydrogen-bond donors (Lipinski definition) is 0. The smallest absolute Gasteiger partial charge is 0.238 e. The zero-order valence-electron chi connectivity index (χ0n) is 11.9. The van der Waals surface area contributed by atoms with Crippen molar-refractivity contribution in [2.24, 2.45) is 0 Å². The Hall–Kier alpha value is -1.14. The van der Waals surface area contributed by atoms with Crippen LogP contribution >= 0.6 is 15.9 Å². The second-order valence-corrected chi connectivity index (χ2v) is 7.46. The molecule has 1 aromatic heterocycles. The highest BCUT2D eigenvalue weighted by molar-refractivity contribution is 9.10. The molecule has 0 aliphatic carbocycles. The average Bonchev–Trinajstić information content (AvgIpc) is 2.75. The van der Waals surface area contributed by atoms with Crippen LogP contribution in [-0.4, -0.2) is 17.4 Å². The summed E-state index contributed by atoms with van der Waals surface area (Å²) in [5, 5.41) is 0. The van der Waals surface area contributed by atoms with Gasteiger partial charge in [0.05, 0.1) is 5.69 Å². The van der Waals surface area contributed by atoms with Gasteiger partial charge in [0, 0.05) is 17.1 Å². The molecule has 0 saturated heterocycles. The molecule has 1 heterocycles. The summed E-state index contributed by atoms with van der Waals surface area (Å²) in [6, 6.07) is 3.53. The van der Waals surface area contributed by atoms with Gasteiger partial charge in [0.15, 0.2) is 0 Å². The molecular formula is C14H17BrN2O2S. The van der Waals surface area contributed by atoms with Crippen molar-refractivity contribution in [1.82, 2.24) is 8.96 Å². The summed E-state index contributed by atoms with van der Waals surface area (Å²) in [5.74, 6) is 0.549. The van der Waals surface area contributed by atoms with Gasteiger partial charge >= 0.3 is 0 Å². The van der Waals surface area contributed by atoms with E-state index in [1.54, 1.807) is 19.2 Å². The number of rotatable bonds is 3. The Morgan fingerprint density at radius 2 is 1.80 bits per heavy atom. The molecule has 0 fully saturated rings. The third-order valence-corrected chi connectivity index (χ3v) is 5.91. The van der Waals surface area contributed by atoms with Crippen LogP contribution in [0.15, 0.2) is 27.7 Å². The fraction of sp³-hybridized carbons (Fsp3) is 0.357. The maximum Gasteiger partial charge on any atom is 0.270 e. The summed E-state index contributed by atoms with van der Waals surface area (Å²) >= 11 is 3.35. The van der Waals surface area contributed by atoms with E-state index in [4.69, 9.17) is 0 Å². The van der Waals surface area contributed by atoms with E-state index in [2.05, 4.69) is 20.9 Å². The molecule has 0 aliphatic heterocycles. The summed E-state index contributed by atoms with van der Waals surface area (Å²) in [4.78, 5) is 4.53. The van der Waals surface area contributed by atoms with Crippen molar-refractivity contribution in [3.63, 3.8) is 0 Å². The Morgan fingerprint density at radius 1 is 1.20 bits per heavy atom. The average molecular weight is 357 g/mol. The molecule has 0 spiro atoms. The van der Waals surface area contributed by atoms with E-state index >= 15 is 0 Å². The summed E-state index contributed by atoms with van der Waals surface area (Å²) < 4.78 is 27.5. The molecule has 0 saturated carbocycles. The van der Waals surface area contributed by atoms with Crippen molar-refractivity contribution in [2.45, 2.75) is 39.0 Å². The predicted molar refractivity (Wildman–Crippen MR) is 82.5 cm³/mol. The molecule has 0 N–H and O–H groups in total. The van der Waals surface area contributed by atoms with Gasteiger partial charge in [-0.15, -0.1) is 0 Å². The number of nitrogens with zero attached hydrogens (tertiary/aromatic N) is 2. The fourth-order valence-corrected chi connectivity index (χ4v) is 4.68. The van der Waals surface area contributed by atoms with Crippen molar-refractivity contribution < 1.29 is 8.42 Å². The van der Waals surface area contributed by atoms with Crippen LogP contribution in [0.25, 0.3) is 0 Å². The minimum Gasteiger partial charge on any atom is -0.238 e. The van der Waals surface area contributed by atoms with Crippen LogP contribution in [0.2, 0.25) is 0 Å². The summed E-state index contributed by atoms with van der Waals surface area (Å²) in [7, 11) is -3.62. The van der Waals surface area contributed by atoms with Gasteiger partial charge in [-0.2, -0.15) is 0 Å². The van der Waals surface area contributed by atoms with Gasteiger partial charge in [0.25, 0.3) is 10.0 Å². The lowest BCUT2D eigenvalue weighted by molar-refractivity contribution is 0.584. The van der Waals surface area contributed by atoms with E-state index in [-0.39, 0.29) is 4.90 Å². The fourth-order valence-electron chi connectivity index (χ4n) is 2.03. The van der Waals surface area contributed by atoms with Crippen LogP contribution in [0, 0.1) is 20.8 Å². The minimum absolute atomic E-state index is 0.271. The molecule has 108 valence electrons. The van der Waals surface area contributed by atoms with Gasteiger partial charge in [-0.1, -0.05) is 6.92 Å². The quantitative estimate of drug-likeness (QED) is 0.846. The van der Waals surface area contributed by atoms with Crippen molar-refractivity contribution in [3.05, 3.63) is 45.4 Å². The first kappa shape index (κ1) is 15.3.